The molecule has 0 spiro atoms. The van der Waals surface area contributed by atoms with E-state index in [0.29, 0.717) is 16.9 Å². The number of amides is 2. The molecule has 1 atom stereocenters. The summed E-state index contributed by atoms with van der Waals surface area (Å²) in [7, 11) is 0. The Kier molecular flexibility index (Phi) is 4.35. The summed E-state index contributed by atoms with van der Waals surface area (Å²) in [5.41, 5.74) is -0.0141. The first-order valence-corrected chi connectivity index (χ1v) is 8.57. The van der Waals surface area contributed by atoms with E-state index in [1.54, 1.807) is 18.3 Å². The van der Waals surface area contributed by atoms with Crippen molar-refractivity contribution in [1.29, 1.82) is 0 Å². The summed E-state index contributed by atoms with van der Waals surface area (Å²) in [6.07, 6.45) is 3.02. The summed E-state index contributed by atoms with van der Waals surface area (Å²) in [4.78, 5) is 31.2. The Morgan fingerprint density at radius 1 is 1.00 bits per heavy atom. The zero-order chi connectivity index (χ0) is 19.7. The number of hydrogen-bond acceptors (Lipinski definition) is 3. The van der Waals surface area contributed by atoms with Crippen molar-refractivity contribution in [2.75, 3.05) is 10.2 Å². The van der Waals surface area contributed by atoms with E-state index in [1.807, 2.05) is 0 Å². The first kappa shape index (κ1) is 17.8. The SMILES string of the molecule is O=C1CC(C(=O)Nc2ccc(F)cc2)(c2cccnc2)N1c1ccc(F)cc1. The number of halogens is 2. The van der Waals surface area contributed by atoms with E-state index >= 15 is 0 Å². The lowest BCUT2D eigenvalue weighted by atomic mass is 9.76. The van der Waals surface area contributed by atoms with Gasteiger partial charge in [0.1, 0.15) is 11.6 Å². The number of β-lactam (4-membered cyclic amide) rings is 1. The lowest BCUT2D eigenvalue weighted by Gasteiger charge is -2.50. The zero-order valence-corrected chi connectivity index (χ0v) is 14.6. The van der Waals surface area contributed by atoms with Gasteiger partial charge in [-0.2, -0.15) is 0 Å². The maximum absolute atomic E-state index is 13.3. The zero-order valence-electron chi connectivity index (χ0n) is 14.6. The van der Waals surface area contributed by atoms with Gasteiger partial charge in [0.15, 0.2) is 5.54 Å². The van der Waals surface area contributed by atoms with Gasteiger partial charge in [0.05, 0.1) is 6.42 Å². The number of anilines is 2. The van der Waals surface area contributed by atoms with Gasteiger partial charge in [-0.25, -0.2) is 8.78 Å². The molecule has 0 radical (unpaired) electrons. The lowest BCUT2D eigenvalue weighted by Crippen LogP contribution is -2.67. The van der Waals surface area contributed by atoms with Gasteiger partial charge < -0.3 is 5.32 Å². The molecule has 0 bridgehead atoms. The molecule has 1 unspecified atom stereocenters. The number of nitrogens with one attached hydrogen (secondary N) is 1. The minimum atomic E-state index is -1.34. The summed E-state index contributed by atoms with van der Waals surface area (Å²) in [6.45, 7) is 0. The molecule has 2 amide bonds. The normalized spacial score (nSPS) is 18.5. The molecule has 2 aromatic carbocycles. The van der Waals surface area contributed by atoms with Crippen LogP contribution < -0.4 is 10.2 Å². The van der Waals surface area contributed by atoms with Gasteiger partial charge in [-0.1, -0.05) is 6.07 Å². The second-order valence-electron chi connectivity index (χ2n) is 6.45. The summed E-state index contributed by atoms with van der Waals surface area (Å²) < 4.78 is 26.5. The van der Waals surface area contributed by atoms with Crippen LogP contribution in [0.1, 0.15) is 12.0 Å². The van der Waals surface area contributed by atoms with Gasteiger partial charge >= 0.3 is 0 Å². The largest absolute Gasteiger partial charge is 0.324 e. The molecular formula is C21H15F2N3O2. The predicted octanol–water partition coefficient (Wildman–Crippen LogP) is 3.63. The topological polar surface area (TPSA) is 62.3 Å². The van der Waals surface area contributed by atoms with Gasteiger partial charge in [-0.15, -0.1) is 0 Å². The van der Waals surface area contributed by atoms with Crippen LogP contribution in [0.4, 0.5) is 20.2 Å². The first-order valence-electron chi connectivity index (χ1n) is 8.57. The Bertz CT molecular complexity index is 1020. The monoisotopic (exact) mass is 379 g/mol. The standard InChI is InChI=1S/C21H15F2N3O2/c22-15-3-7-17(8-4-15)25-20(28)21(14-2-1-11-24-13-14)12-19(27)26(21)18-9-5-16(23)6-10-18/h1-11,13H,12H2,(H,25,28). The Labute approximate surface area is 159 Å². The van der Waals surface area contributed by atoms with E-state index < -0.39 is 23.1 Å². The molecule has 1 aliphatic heterocycles. The molecule has 5 nitrogen and oxygen atoms in total. The number of benzene rings is 2. The number of aromatic nitrogens is 1. The number of carbonyl (C=O) groups is 2. The smallest absolute Gasteiger partial charge is 0.255 e. The van der Waals surface area contributed by atoms with E-state index in [2.05, 4.69) is 10.3 Å². The molecule has 4 rings (SSSR count). The molecule has 28 heavy (non-hydrogen) atoms. The molecule has 0 aliphatic carbocycles. The molecule has 1 fully saturated rings. The molecule has 0 saturated carbocycles. The Morgan fingerprint density at radius 2 is 1.64 bits per heavy atom. The molecule has 1 aromatic heterocycles. The third kappa shape index (κ3) is 2.90. The van der Waals surface area contributed by atoms with Crippen LogP contribution in [0, 0.1) is 11.6 Å². The van der Waals surface area contributed by atoms with Crippen LogP contribution in [0.5, 0.6) is 0 Å². The maximum Gasteiger partial charge on any atom is 0.255 e. The van der Waals surface area contributed by atoms with Crippen LogP contribution in [0.2, 0.25) is 0 Å². The van der Waals surface area contributed by atoms with Crippen LogP contribution in [0.15, 0.2) is 73.1 Å². The second-order valence-corrected chi connectivity index (χ2v) is 6.45. The highest BCUT2D eigenvalue weighted by molar-refractivity contribution is 6.16. The second kappa shape index (κ2) is 6.84. The van der Waals surface area contributed by atoms with Gasteiger partial charge in [0.2, 0.25) is 5.91 Å². The van der Waals surface area contributed by atoms with E-state index in [0.717, 1.165) is 0 Å². The molecule has 1 aliphatic rings. The molecule has 3 aromatic rings. The number of rotatable bonds is 4. The quantitative estimate of drug-likeness (QED) is 0.704. The number of carbonyl (C=O) groups excluding carboxylic acids is 2. The van der Waals surface area contributed by atoms with E-state index in [-0.39, 0.29) is 12.3 Å². The van der Waals surface area contributed by atoms with Gasteiger partial charge in [-0.05, 0) is 54.6 Å². The fraction of sp³-hybridized carbons (Fsp3) is 0.0952. The summed E-state index contributed by atoms with van der Waals surface area (Å²) in [5.74, 6) is -1.60. The third-order valence-electron chi connectivity index (χ3n) is 4.74. The fourth-order valence-corrected chi connectivity index (χ4v) is 3.37. The van der Waals surface area contributed by atoms with Crippen LogP contribution in [0.25, 0.3) is 0 Å². The Balaban J connectivity index is 1.77. The van der Waals surface area contributed by atoms with Crippen molar-refractivity contribution < 1.29 is 18.4 Å². The van der Waals surface area contributed by atoms with Crippen molar-refractivity contribution in [2.45, 2.75) is 12.0 Å². The highest BCUT2D eigenvalue weighted by Gasteiger charge is 2.58. The summed E-state index contributed by atoms with van der Waals surface area (Å²) in [6, 6.07) is 14.1. The highest BCUT2D eigenvalue weighted by atomic mass is 19.1. The number of pyridine rings is 1. The van der Waals surface area contributed by atoms with Crippen molar-refractivity contribution in [3.05, 3.63) is 90.3 Å². The summed E-state index contributed by atoms with van der Waals surface area (Å²) in [5, 5.41) is 2.74. The third-order valence-corrected chi connectivity index (χ3v) is 4.74. The van der Waals surface area contributed by atoms with Gasteiger partial charge in [0, 0.05) is 29.3 Å². The van der Waals surface area contributed by atoms with Crippen molar-refractivity contribution in [3.8, 4) is 0 Å². The molecule has 140 valence electrons. The van der Waals surface area contributed by atoms with Crippen LogP contribution in [-0.4, -0.2) is 16.8 Å². The Hall–Kier alpha value is -3.61. The number of hydrogen-bond donors (Lipinski definition) is 1. The average molecular weight is 379 g/mol. The maximum atomic E-state index is 13.3. The predicted molar refractivity (Wildman–Crippen MR) is 99.4 cm³/mol. The summed E-state index contributed by atoms with van der Waals surface area (Å²) >= 11 is 0. The minimum absolute atomic E-state index is 0.0664. The fourth-order valence-electron chi connectivity index (χ4n) is 3.37. The minimum Gasteiger partial charge on any atom is -0.324 e. The average Bonchev–Trinajstić information content (AvgIpc) is 2.70. The lowest BCUT2D eigenvalue weighted by molar-refractivity contribution is -0.137. The van der Waals surface area contributed by atoms with Crippen molar-refractivity contribution >= 4 is 23.2 Å². The van der Waals surface area contributed by atoms with Crippen molar-refractivity contribution in [1.82, 2.24) is 4.98 Å². The molecule has 1 N–H and O–H groups in total. The number of nitrogens with zero attached hydrogens (tertiary/aromatic N) is 2. The van der Waals surface area contributed by atoms with Gasteiger partial charge in [0.25, 0.3) is 5.91 Å². The Morgan fingerprint density at radius 3 is 2.21 bits per heavy atom. The van der Waals surface area contributed by atoms with E-state index in [9.17, 15) is 18.4 Å². The van der Waals surface area contributed by atoms with Crippen LogP contribution >= 0.6 is 0 Å². The van der Waals surface area contributed by atoms with E-state index in [1.165, 1.54) is 59.6 Å². The highest BCUT2D eigenvalue weighted by Crippen LogP contribution is 2.45. The molecule has 7 heteroatoms. The first-order chi connectivity index (χ1) is 13.5. The van der Waals surface area contributed by atoms with Crippen molar-refractivity contribution in [2.24, 2.45) is 0 Å². The molecular weight excluding hydrogens is 364 g/mol. The molecule has 1 saturated heterocycles. The van der Waals surface area contributed by atoms with Crippen LogP contribution in [0.3, 0.4) is 0 Å². The van der Waals surface area contributed by atoms with Crippen LogP contribution in [-0.2, 0) is 15.1 Å². The van der Waals surface area contributed by atoms with Crippen molar-refractivity contribution in [3.63, 3.8) is 0 Å². The molecule has 2 heterocycles. The van der Waals surface area contributed by atoms with Gasteiger partial charge in [-0.3, -0.25) is 19.5 Å². The van der Waals surface area contributed by atoms with E-state index in [4.69, 9.17) is 0 Å².